The average Bonchev–Trinajstić information content (AvgIpc) is 2.18. The highest BCUT2D eigenvalue weighted by molar-refractivity contribution is 4.76. The maximum Gasteiger partial charge on any atom is 0.0695 e. The summed E-state index contributed by atoms with van der Waals surface area (Å²) in [5.74, 6) is 0. The topological polar surface area (TPSA) is 23.5 Å². The molecule has 0 aliphatic heterocycles. The zero-order valence-corrected chi connectivity index (χ0v) is 10.3. The summed E-state index contributed by atoms with van der Waals surface area (Å²) in [7, 11) is 0. The fourth-order valence-corrected chi connectivity index (χ4v) is 2.11. The van der Waals surface area contributed by atoms with Crippen LogP contribution in [0.2, 0.25) is 0 Å². The van der Waals surface area contributed by atoms with E-state index in [0.717, 1.165) is 32.4 Å². The molecule has 0 rings (SSSR count). The summed E-state index contributed by atoms with van der Waals surface area (Å²) < 4.78 is 0. The molecule has 2 unspecified atom stereocenters. The van der Waals surface area contributed by atoms with Gasteiger partial charge in [-0.15, -0.1) is 0 Å². The van der Waals surface area contributed by atoms with E-state index in [2.05, 4.69) is 32.6 Å². The lowest BCUT2D eigenvalue weighted by Gasteiger charge is -2.33. The molecule has 2 nitrogen and oxygen atoms in total. The van der Waals surface area contributed by atoms with Crippen LogP contribution in [0.3, 0.4) is 0 Å². The van der Waals surface area contributed by atoms with E-state index in [1.807, 2.05) is 0 Å². The van der Waals surface area contributed by atoms with Crippen LogP contribution in [0.25, 0.3) is 0 Å². The summed E-state index contributed by atoms with van der Waals surface area (Å²) in [6, 6.07) is 0.361. The summed E-state index contributed by atoms with van der Waals surface area (Å²) in [4.78, 5) is 2.40. The first-order chi connectivity index (χ1) is 6.71. The second-order valence-corrected chi connectivity index (χ2v) is 3.96. The van der Waals surface area contributed by atoms with E-state index < -0.39 is 0 Å². The first-order valence-electron chi connectivity index (χ1n) is 6.13. The molecule has 0 aromatic carbocycles. The van der Waals surface area contributed by atoms with Gasteiger partial charge in [-0.05, 0) is 32.4 Å². The van der Waals surface area contributed by atoms with Crippen LogP contribution in [-0.2, 0) is 0 Å². The van der Waals surface area contributed by atoms with Crippen molar-refractivity contribution in [3.05, 3.63) is 0 Å². The van der Waals surface area contributed by atoms with E-state index in [4.69, 9.17) is 0 Å². The maximum absolute atomic E-state index is 10.00. The standard InChI is InChI=1S/C12H27NO/c1-5-9-12(14)11(7-3)13(8-4)10-6-2/h11-12,14H,5-10H2,1-4H3. The van der Waals surface area contributed by atoms with Gasteiger partial charge in [-0.3, -0.25) is 4.90 Å². The molecule has 0 spiro atoms. The molecule has 2 atom stereocenters. The minimum Gasteiger partial charge on any atom is -0.391 e. The predicted octanol–water partition coefficient (Wildman–Crippen LogP) is 2.66. The largest absolute Gasteiger partial charge is 0.391 e. The van der Waals surface area contributed by atoms with Gasteiger partial charge in [-0.1, -0.05) is 34.1 Å². The highest BCUT2D eigenvalue weighted by Gasteiger charge is 2.21. The monoisotopic (exact) mass is 201 g/mol. The summed E-state index contributed by atoms with van der Waals surface area (Å²) >= 11 is 0. The Hall–Kier alpha value is -0.0800. The third-order valence-corrected chi connectivity index (χ3v) is 2.83. The molecular weight excluding hydrogens is 174 g/mol. The molecule has 0 aromatic heterocycles. The van der Waals surface area contributed by atoms with Crippen LogP contribution < -0.4 is 0 Å². The first kappa shape index (κ1) is 13.9. The lowest BCUT2D eigenvalue weighted by atomic mass is 10.0. The second-order valence-electron chi connectivity index (χ2n) is 3.96. The van der Waals surface area contributed by atoms with Crippen LogP contribution in [0, 0.1) is 0 Å². The molecule has 0 aliphatic carbocycles. The Morgan fingerprint density at radius 2 is 1.71 bits per heavy atom. The quantitative estimate of drug-likeness (QED) is 0.652. The van der Waals surface area contributed by atoms with Gasteiger partial charge in [-0.2, -0.15) is 0 Å². The Kier molecular flexibility index (Phi) is 8.20. The SMILES string of the molecule is CCCC(O)C(CC)N(CC)CCC. The predicted molar refractivity (Wildman–Crippen MR) is 62.5 cm³/mol. The van der Waals surface area contributed by atoms with Crippen molar-refractivity contribution in [2.75, 3.05) is 13.1 Å². The van der Waals surface area contributed by atoms with Gasteiger partial charge in [0.25, 0.3) is 0 Å². The number of aliphatic hydroxyl groups excluding tert-OH is 1. The van der Waals surface area contributed by atoms with Crippen LogP contribution in [0.4, 0.5) is 0 Å². The van der Waals surface area contributed by atoms with Crippen molar-refractivity contribution < 1.29 is 5.11 Å². The molecule has 0 aliphatic rings. The maximum atomic E-state index is 10.00. The van der Waals surface area contributed by atoms with Crippen molar-refractivity contribution in [3.8, 4) is 0 Å². The highest BCUT2D eigenvalue weighted by atomic mass is 16.3. The third kappa shape index (κ3) is 4.43. The van der Waals surface area contributed by atoms with Crippen molar-refractivity contribution in [1.82, 2.24) is 4.90 Å². The van der Waals surface area contributed by atoms with Gasteiger partial charge < -0.3 is 5.11 Å². The minimum absolute atomic E-state index is 0.142. The van der Waals surface area contributed by atoms with E-state index in [9.17, 15) is 5.11 Å². The molecule has 1 N–H and O–H groups in total. The second kappa shape index (κ2) is 8.25. The summed E-state index contributed by atoms with van der Waals surface area (Å²) in [6.07, 6.45) is 4.08. The molecule has 0 radical (unpaired) electrons. The van der Waals surface area contributed by atoms with Crippen molar-refractivity contribution in [1.29, 1.82) is 0 Å². The zero-order valence-electron chi connectivity index (χ0n) is 10.3. The molecular formula is C12H27NO. The lowest BCUT2D eigenvalue weighted by Crippen LogP contribution is -2.43. The Balaban J connectivity index is 4.18. The Labute approximate surface area is 89.3 Å². The van der Waals surface area contributed by atoms with Crippen LogP contribution in [0.1, 0.15) is 53.4 Å². The van der Waals surface area contributed by atoms with Crippen LogP contribution in [0.5, 0.6) is 0 Å². The number of hydrogen-bond donors (Lipinski definition) is 1. The molecule has 0 aromatic rings. The van der Waals surface area contributed by atoms with Crippen molar-refractivity contribution in [2.24, 2.45) is 0 Å². The van der Waals surface area contributed by atoms with Crippen molar-refractivity contribution >= 4 is 0 Å². The Bertz CT molecular complexity index is 127. The number of likely N-dealkylation sites (N-methyl/N-ethyl adjacent to an activating group) is 1. The van der Waals surface area contributed by atoms with Crippen LogP contribution in [-0.4, -0.2) is 35.2 Å². The minimum atomic E-state index is -0.142. The zero-order chi connectivity index (χ0) is 11.0. The molecule has 0 heterocycles. The van der Waals surface area contributed by atoms with Gasteiger partial charge >= 0.3 is 0 Å². The summed E-state index contributed by atoms with van der Waals surface area (Å²) in [5.41, 5.74) is 0. The number of hydrogen-bond acceptors (Lipinski definition) is 2. The Morgan fingerprint density at radius 3 is 2.07 bits per heavy atom. The van der Waals surface area contributed by atoms with Gasteiger partial charge in [-0.25, -0.2) is 0 Å². The van der Waals surface area contributed by atoms with E-state index in [1.54, 1.807) is 0 Å². The van der Waals surface area contributed by atoms with Gasteiger partial charge in [0.1, 0.15) is 0 Å². The van der Waals surface area contributed by atoms with Crippen molar-refractivity contribution in [2.45, 2.75) is 65.5 Å². The van der Waals surface area contributed by atoms with E-state index >= 15 is 0 Å². The molecule has 0 amide bonds. The fourth-order valence-electron chi connectivity index (χ4n) is 2.11. The Morgan fingerprint density at radius 1 is 1.07 bits per heavy atom. The molecule has 0 bridgehead atoms. The molecule has 86 valence electrons. The van der Waals surface area contributed by atoms with Gasteiger partial charge in [0.2, 0.25) is 0 Å². The lowest BCUT2D eigenvalue weighted by molar-refractivity contribution is 0.0432. The normalized spacial score (nSPS) is 15.9. The molecule has 0 saturated heterocycles. The third-order valence-electron chi connectivity index (χ3n) is 2.83. The molecule has 2 heteroatoms. The van der Waals surface area contributed by atoms with E-state index in [0.29, 0.717) is 6.04 Å². The van der Waals surface area contributed by atoms with Crippen LogP contribution in [0.15, 0.2) is 0 Å². The van der Waals surface area contributed by atoms with E-state index in [-0.39, 0.29) is 6.10 Å². The number of aliphatic hydroxyl groups is 1. The van der Waals surface area contributed by atoms with Gasteiger partial charge in [0.15, 0.2) is 0 Å². The van der Waals surface area contributed by atoms with E-state index in [1.165, 1.54) is 6.42 Å². The average molecular weight is 201 g/mol. The summed E-state index contributed by atoms with van der Waals surface area (Å²) in [5, 5.41) is 10.00. The number of nitrogens with zero attached hydrogens (tertiary/aromatic N) is 1. The van der Waals surface area contributed by atoms with Crippen molar-refractivity contribution in [3.63, 3.8) is 0 Å². The molecule has 14 heavy (non-hydrogen) atoms. The van der Waals surface area contributed by atoms with Gasteiger partial charge in [0, 0.05) is 6.04 Å². The number of rotatable bonds is 8. The highest BCUT2D eigenvalue weighted by Crippen LogP contribution is 2.13. The first-order valence-corrected chi connectivity index (χ1v) is 6.13. The van der Waals surface area contributed by atoms with Crippen LogP contribution >= 0.6 is 0 Å². The summed E-state index contributed by atoms with van der Waals surface area (Å²) in [6.45, 7) is 10.8. The molecule has 0 saturated carbocycles. The smallest absolute Gasteiger partial charge is 0.0695 e. The fraction of sp³-hybridized carbons (Fsp3) is 1.00. The molecule has 0 fully saturated rings. The van der Waals surface area contributed by atoms with Gasteiger partial charge in [0.05, 0.1) is 6.10 Å².